The van der Waals surface area contributed by atoms with Gasteiger partial charge in [-0.3, -0.25) is 4.79 Å². The van der Waals surface area contributed by atoms with E-state index in [2.05, 4.69) is 10.3 Å². The second-order valence-electron chi connectivity index (χ2n) is 4.36. The molecule has 1 amide bonds. The minimum atomic E-state index is -0.287. The summed E-state index contributed by atoms with van der Waals surface area (Å²) in [7, 11) is 0. The van der Waals surface area contributed by atoms with Gasteiger partial charge in [-0.05, 0) is 29.1 Å². The zero-order valence-electron chi connectivity index (χ0n) is 10.9. The topological polar surface area (TPSA) is 42.0 Å². The van der Waals surface area contributed by atoms with E-state index >= 15 is 0 Å². The zero-order chi connectivity index (χ0) is 14.7. The first-order valence-corrected chi connectivity index (χ1v) is 8.05. The molecule has 0 bridgehead atoms. The number of thiophene rings is 1. The van der Waals surface area contributed by atoms with Crippen LogP contribution in [0.5, 0.6) is 0 Å². The van der Waals surface area contributed by atoms with Crippen LogP contribution in [0.1, 0.15) is 16.1 Å². The lowest BCUT2D eigenvalue weighted by Crippen LogP contribution is -2.23. The smallest absolute Gasteiger partial charge is 0.271 e. The molecule has 2 aromatic heterocycles. The maximum Gasteiger partial charge on any atom is 0.271 e. The number of carbonyl (C=O) groups is 1. The van der Waals surface area contributed by atoms with E-state index in [0.717, 1.165) is 16.1 Å². The fourth-order valence-electron chi connectivity index (χ4n) is 1.77. The first-order chi connectivity index (χ1) is 10.2. The van der Waals surface area contributed by atoms with Crippen LogP contribution >= 0.6 is 22.7 Å². The number of hydrogen-bond acceptors (Lipinski definition) is 4. The van der Waals surface area contributed by atoms with Crippen LogP contribution in [0.4, 0.5) is 4.39 Å². The standard InChI is InChI=1S/C15H11FN2OS2/c16-12-3-1-10(2-4-12)7-17-14(19)13-9-21-15(18-13)11-5-6-20-8-11/h1-6,8-9H,7H2,(H,17,19). The third-order valence-electron chi connectivity index (χ3n) is 2.87. The van der Waals surface area contributed by atoms with Crippen molar-refractivity contribution < 1.29 is 9.18 Å². The van der Waals surface area contributed by atoms with Crippen molar-refractivity contribution in [1.29, 1.82) is 0 Å². The third-order valence-corrected chi connectivity index (χ3v) is 4.45. The van der Waals surface area contributed by atoms with Crippen molar-refractivity contribution in [2.45, 2.75) is 6.54 Å². The van der Waals surface area contributed by atoms with E-state index in [4.69, 9.17) is 0 Å². The van der Waals surface area contributed by atoms with Gasteiger partial charge in [0.05, 0.1) is 0 Å². The van der Waals surface area contributed by atoms with Crippen LogP contribution in [-0.2, 0) is 6.54 Å². The Bertz CT molecular complexity index is 735. The van der Waals surface area contributed by atoms with E-state index in [1.54, 1.807) is 28.8 Å². The molecular formula is C15H11FN2OS2. The molecule has 0 saturated carbocycles. The number of amides is 1. The normalized spacial score (nSPS) is 10.5. The summed E-state index contributed by atoms with van der Waals surface area (Å²) in [5, 5.41) is 9.33. The van der Waals surface area contributed by atoms with E-state index < -0.39 is 0 Å². The van der Waals surface area contributed by atoms with E-state index in [9.17, 15) is 9.18 Å². The quantitative estimate of drug-likeness (QED) is 0.791. The van der Waals surface area contributed by atoms with Gasteiger partial charge >= 0.3 is 0 Å². The van der Waals surface area contributed by atoms with Crippen molar-refractivity contribution in [3.05, 3.63) is 63.5 Å². The molecule has 1 aromatic carbocycles. The van der Waals surface area contributed by atoms with Crippen molar-refractivity contribution in [2.24, 2.45) is 0 Å². The van der Waals surface area contributed by atoms with Gasteiger partial charge in [-0.1, -0.05) is 12.1 Å². The fraction of sp³-hybridized carbons (Fsp3) is 0.0667. The first-order valence-electron chi connectivity index (χ1n) is 6.23. The predicted molar refractivity (Wildman–Crippen MR) is 83.0 cm³/mol. The Labute approximate surface area is 129 Å². The summed E-state index contributed by atoms with van der Waals surface area (Å²) in [5.74, 6) is -0.512. The van der Waals surface area contributed by atoms with Crippen LogP contribution in [0.25, 0.3) is 10.6 Å². The van der Waals surface area contributed by atoms with Gasteiger partial charge in [-0.2, -0.15) is 11.3 Å². The molecule has 0 fully saturated rings. The molecule has 0 radical (unpaired) electrons. The molecule has 0 atom stereocenters. The average Bonchev–Trinajstić information content (AvgIpc) is 3.17. The highest BCUT2D eigenvalue weighted by Gasteiger charge is 2.11. The Morgan fingerprint density at radius 2 is 2.00 bits per heavy atom. The van der Waals surface area contributed by atoms with Gasteiger partial charge in [0, 0.05) is 22.9 Å². The minimum absolute atomic E-state index is 0.225. The average molecular weight is 318 g/mol. The Hall–Kier alpha value is -2.05. The second kappa shape index (κ2) is 6.15. The number of nitrogens with zero attached hydrogens (tertiary/aromatic N) is 1. The molecule has 3 aromatic rings. The molecule has 3 rings (SSSR count). The lowest BCUT2D eigenvalue weighted by atomic mass is 10.2. The number of hydrogen-bond donors (Lipinski definition) is 1. The Morgan fingerprint density at radius 1 is 1.19 bits per heavy atom. The van der Waals surface area contributed by atoms with Crippen LogP contribution in [0, 0.1) is 5.82 Å². The van der Waals surface area contributed by atoms with Crippen LogP contribution in [0.3, 0.4) is 0 Å². The first kappa shape index (κ1) is 13.9. The van der Waals surface area contributed by atoms with Crippen LogP contribution in [0.2, 0.25) is 0 Å². The maximum atomic E-state index is 12.8. The SMILES string of the molecule is O=C(NCc1ccc(F)cc1)c1csc(-c2ccsc2)n1. The number of thiazole rings is 1. The number of nitrogens with one attached hydrogen (secondary N) is 1. The second-order valence-corrected chi connectivity index (χ2v) is 6.00. The van der Waals surface area contributed by atoms with E-state index in [1.807, 2.05) is 16.8 Å². The molecule has 21 heavy (non-hydrogen) atoms. The molecule has 0 aliphatic rings. The van der Waals surface area contributed by atoms with E-state index in [0.29, 0.717) is 12.2 Å². The van der Waals surface area contributed by atoms with Crippen molar-refractivity contribution >= 4 is 28.6 Å². The van der Waals surface area contributed by atoms with Gasteiger partial charge in [-0.25, -0.2) is 9.37 Å². The van der Waals surface area contributed by atoms with Crippen molar-refractivity contribution in [3.8, 4) is 10.6 Å². The molecule has 2 heterocycles. The number of aromatic nitrogens is 1. The van der Waals surface area contributed by atoms with Crippen LogP contribution in [-0.4, -0.2) is 10.9 Å². The van der Waals surface area contributed by atoms with Gasteiger partial charge in [0.2, 0.25) is 0 Å². The molecule has 3 nitrogen and oxygen atoms in total. The summed E-state index contributed by atoms with van der Waals surface area (Å²) in [4.78, 5) is 16.4. The summed E-state index contributed by atoms with van der Waals surface area (Å²) >= 11 is 3.04. The Morgan fingerprint density at radius 3 is 2.71 bits per heavy atom. The molecule has 6 heteroatoms. The molecule has 0 aliphatic heterocycles. The van der Waals surface area contributed by atoms with E-state index in [-0.39, 0.29) is 11.7 Å². The highest BCUT2D eigenvalue weighted by atomic mass is 32.1. The fourth-order valence-corrected chi connectivity index (χ4v) is 3.28. The number of rotatable bonds is 4. The zero-order valence-corrected chi connectivity index (χ0v) is 12.5. The van der Waals surface area contributed by atoms with Gasteiger partial charge < -0.3 is 5.32 Å². The summed E-state index contributed by atoms with van der Waals surface area (Å²) in [6.07, 6.45) is 0. The molecule has 106 valence electrons. The minimum Gasteiger partial charge on any atom is -0.347 e. The lowest BCUT2D eigenvalue weighted by Gasteiger charge is -2.03. The molecule has 1 N–H and O–H groups in total. The summed E-state index contributed by atoms with van der Waals surface area (Å²) in [6, 6.07) is 8.02. The lowest BCUT2D eigenvalue weighted by molar-refractivity contribution is 0.0946. The van der Waals surface area contributed by atoms with Crippen molar-refractivity contribution in [2.75, 3.05) is 0 Å². The summed E-state index contributed by atoms with van der Waals surface area (Å²) in [6.45, 7) is 0.352. The van der Waals surface area contributed by atoms with Crippen molar-refractivity contribution in [3.63, 3.8) is 0 Å². The van der Waals surface area contributed by atoms with Crippen LogP contribution in [0.15, 0.2) is 46.5 Å². The van der Waals surface area contributed by atoms with E-state index in [1.165, 1.54) is 23.5 Å². The summed E-state index contributed by atoms with van der Waals surface area (Å²) in [5.41, 5.74) is 2.28. The van der Waals surface area contributed by atoms with Crippen molar-refractivity contribution in [1.82, 2.24) is 10.3 Å². The predicted octanol–water partition coefficient (Wildman–Crippen LogP) is 3.94. The van der Waals surface area contributed by atoms with Gasteiger partial charge in [-0.15, -0.1) is 11.3 Å². The Balaban J connectivity index is 1.64. The largest absolute Gasteiger partial charge is 0.347 e. The Kier molecular flexibility index (Phi) is 4.08. The van der Waals surface area contributed by atoms with Gasteiger partial charge in [0.1, 0.15) is 16.5 Å². The number of halogens is 1. The number of benzene rings is 1. The monoisotopic (exact) mass is 318 g/mol. The molecule has 0 saturated heterocycles. The van der Waals surface area contributed by atoms with Gasteiger partial charge in [0.15, 0.2) is 0 Å². The highest BCUT2D eigenvalue weighted by molar-refractivity contribution is 7.14. The van der Waals surface area contributed by atoms with Gasteiger partial charge in [0.25, 0.3) is 5.91 Å². The molecule has 0 spiro atoms. The highest BCUT2D eigenvalue weighted by Crippen LogP contribution is 2.25. The maximum absolute atomic E-state index is 12.8. The molecule has 0 unspecified atom stereocenters. The van der Waals surface area contributed by atoms with Crippen LogP contribution < -0.4 is 5.32 Å². The molecular weight excluding hydrogens is 307 g/mol. The molecule has 0 aliphatic carbocycles. The number of carbonyl (C=O) groups excluding carboxylic acids is 1. The third kappa shape index (κ3) is 3.34. The summed E-state index contributed by atoms with van der Waals surface area (Å²) < 4.78 is 12.8.